The lowest BCUT2D eigenvalue weighted by Crippen LogP contribution is -2.44. The highest BCUT2D eigenvalue weighted by atomic mass is 16.2. The summed E-state index contributed by atoms with van der Waals surface area (Å²) < 4.78 is 0. The highest BCUT2D eigenvalue weighted by molar-refractivity contribution is 5.77. The molecule has 2 amide bonds. The van der Waals surface area contributed by atoms with Gasteiger partial charge in [-0.3, -0.25) is 0 Å². The molecule has 2 heterocycles. The van der Waals surface area contributed by atoms with E-state index in [4.69, 9.17) is 0 Å². The van der Waals surface area contributed by atoms with Crippen LogP contribution < -0.4 is 10.6 Å². The minimum absolute atomic E-state index is 0.111. The van der Waals surface area contributed by atoms with Gasteiger partial charge in [-0.25, -0.2) is 4.79 Å². The van der Waals surface area contributed by atoms with Gasteiger partial charge in [-0.15, -0.1) is 0 Å². The lowest BCUT2D eigenvalue weighted by atomic mass is 9.87. The first-order valence-electron chi connectivity index (χ1n) is 7.45. The van der Waals surface area contributed by atoms with Crippen LogP contribution in [0.5, 0.6) is 0 Å². The van der Waals surface area contributed by atoms with Crippen molar-refractivity contribution in [3.8, 4) is 0 Å². The Labute approximate surface area is 116 Å². The van der Waals surface area contributed by atoms with Gasteiger partial charge in [0.05, 0.1) is 6.04 Å². The lowest BCUT2D eigenvalue weighted by Gasteiger charge is -2.28. The average molecular weight is 268 g/mol. The Balaban J connectivity index is 1.70. The minimum atomic E-state index is 0.111. The largest absolute Gasteiger partial charge is 0.333 e. The molecule has 2 aliphatic rings. The normalized spacial score (nSPS) is 25.7. The van der Waals surface area contributed by atoms with E-state index in [-0.39, 0.29) is 17.5 Å². The molecule has 2 saturated heterocycles. The molecule has 0 bridgehead atoms. The number of piperazine rings is 1. The van der Waals surface area contributed by atoms with E-state index in [2.05, 4.69) is 36.3 Å². The topological polar surface area (TPSA) is 47.6 Å². The zero-order valence-electron chi connectivity index (χ0n) is 12.5. The third-order valence-electron chi connectivity index (χ3n) is 4.15. The van der Waals surface area contributed by atoms with Crippen molar-refractivity contribution in [2.24, 2.45) is 5.41 Å². The smallest absolute Gasteiger partial charge is 0.317 e. The van der Waals surface area contributed by atoms with Gasteiger partial charge in [0.2, 0.25) is 0 Å². The van der Waals surface area contributed by atoms with Gasteiger partial charge in [0.1, 0.15) is 0 Å². The molecule has 0 aromatic carbocycles. The molecule has 1 atom stereocenters. The van der Waals surface area contributed by atoms with Crippen LogP contribution in [0.25, 0.3) is 0 Å². The average Bonchev–Trinajstić information content (AvgIpc) is 2.72. The molecule has 0 aromatic heterocycles. The van der Waals surface area contributed by atoms with Gasteiger partial charge >= 0.3 is 6.03 Å². The summed E-state index contributed by atoms with van der Waals surface area (Å²) in [5.74, 6) is 0. The van der Waals surface area contributed by atoms with E-state index in [9.17, 15) is 4.79 Å². The van der Waals surface area contributed by atoms with Crippen LogP contribution in [0.3, 0.4) is 0 Å². The third-order valence-corrected chi connectivity index (χ3v) is 4.15. The second-order valence-electron chi connectivity index (χ2n) is 6.76. The van der Waals surface area contributed by atoms with Crippen LogP contribution in [-0.2, 0) is 0 Å². The SMILES string of the molecule is CC(C)(C)C1CN(CCCN2CCNCC2)C(=O)N1. The van der Waals surface area contributed by atoms with Gasteiger partial charge in [0.25, 0.3) is 0 Å². The van der Waals surface area contributed by atoms with Crippen molar-refractivity contribution < 1.29 is 4.79 Å². The van der Waals surface area contributed by atoms with Crippen molar-refractivity contribution >= 4 is 6.03 Å². The van der Waals surface area contributed by atoms with Crippen LogP contribution in [0.2, 0.25) is 0 Å². The van der Waals surface area contributed by atoms with E-state index in [1.54, 1.807) is 0 Å². The summed E-state index contributed by atoms with van der Waals surface area (Å²) in [6, 6.07) is 0.388. The number of carbonyl (C=O) groups excluding carboxylic acids is 1. The fraction of sp³-hybridized carbons (Fsp3) is 0.929. The zero-order valence-corrected chi connectivity index (χ0v) is 12.5. The number of amides is 2. The van der Waals surface area contributed by atoms with E-state index in [1.807, 2.05) is 4.90 Å². The number of urea groups is 1. The monoisotopic (exact) mass is 268 g/mol. The van der Waals surface area contributed by atoms with Gasteiger partial charge in [0, 0.05) is 39.3 Å². The Morgan fingerprint density at radius 2 is 1.89 bits per heavy atom. The Morgan fingerprint density at radius 3 is 2.47 bits per heavy atom. The summed E-state index contributed by atoms with van der Waals surface area (Å²) in [7, 11) is 0. The van der Waals surface area contributed by atoms with Crippen LogP contribution in [-0.4, -0.2) is 67.7 Å². The summed E-state index contributed by atoms with van der Waals surface area (Å²) in [6.07, 6.45) is 1.07. The minimum Gasteiger partial charge on any atom is -0.333 e. The Bertz CT molecular complexity index is 307. The first-order valence-corrected chi connectivity index (χ1v) is 7.45. The fourth-order valence-electron chi connectivity index (χ4n) is 2.69. The van der Waals surface area contributed by atoms with Crippen molar-refractivity contribution in [3.05, 3.63) is 0 Å². The number of rotatable bonds is 4. The molecule has 110 valence electrons. The molecule has 2 aliphatic heterocycles. The number of nitrogens with one attached hydrogen (secondary N) is 2. The van der Waals surface area contributed by atoms with Gasteiger partial charge in [-0.2, -0.15) is 0 Å². The van der Waals surface area contributed by atoms with Gasteiger partial charge in [0.15, 0.2) is 0 Å². The van der Waals surface area contributed by atoms with Crippen molar-refractivity contribution in [2.75, 3.05) is 45.8 Å². The molecule has 0 spiro atoms. The maximum atomic E-state index is 11.9. The van der Waals surface area contributed by atoms with Crippen molar-refractivity contribution in [1.82, 2.24) is 20.4 Å². The number of carbonyl (C=O) groups is 1. The number of hydrogen-bond donors (Lipinski definition) is 2. The predicted molar refractivity (Wildman–Crippen MR) is 77.3 cm³/mol. The summed E-state index contributed by atoms with van der Waals surface area (Å²) in [5.41, 5.74) is 0.142. The predicted octanol–water partition coefficient (Wildman–Crippen LogP) is 0.722. The Hall–Kier alpha value is -0.810. The van der Waals surface area contributed by atoms with Crippen LogP contribution >= 0.6 is 0 Å². The van der Waals surface area contributed by atoms with E-state index in [0.29, 0.717) is 0 Å². The van der Waals surface area contributed by atoms with Gasteiger partial charge in [-0.05, 0) is 18.4 Å². The van der Waals surface area contributed by atoms with Crippen LogP contribution in [0, 0.1) is 5.41 Å². The van der Waals surface area contributed by atoms with Crippen LogP contribution in [0.1, 0.15) is 27.2 Å². The Morgan fingerprint density at radius 1 is 1.21 bits per heavy atom. The van der Waals surface area contributed by atoms with Crippen molar-refractivity contribution in [1.29, 1.82) is 0 Å². The van der Waals surface area contributed by atoms with E-state index >= 15 is 0 Å². The van der Waals surface area contributed by atoms with E-state index in [0.717, 1.165) is 52.2 Å². The van der Waals surface area contributed by atoms with Gasteiger partial charge < -0.3 is 20.4 Å². The van der Waals surface area contributed by atoms with E-state index in [1.165, 1.54) is 0 Å². The molecule has 0 saturated carbocycles. The molecule has 2 rings (SSSR count). The molecular formula is C14H28N4O. The molecule has 5 heteroatoms. The molecule has 0 aromatic rings. The molecule has 2 fully saturated rings. The summed E-state index contributed by atoms with van der Waals surface area (Å²) in [6.45, 7) is 13.8. The Kier molecular flexibility index (Phi) is 4.68. The summed E-state index contributed by atoms with van der Waals surface area (Å²) in [5, 5.41) is 6.46. The highest BCUT2D eigenvalue weighted by Gasteiger charge is 2.35. The second-order valence-corrected chi connectivity index (χ2v) is 6.76. The molecule has 1 unspecified atom stereocenters. The molecule has 2 N–H and O–H groups in total. The molecule has 19 heavy (non-hydrogen) atoms. The standard InChI is InChI=1S/C14H28N4O/c1-14(2,3)12-11-18(13(19)16-12)8-4-7-17-9-5-15-6-10-17/h12,15H,4-11H2,1-3H3,(H,16,19). The first kappa shape index (κ1) is 14.6. The van der Waals surface area contributed by atoms with Crippen molar-refractivity contribution in [2.45, 2.75) is 33.2 Å². The maximum Gasteiger partial charge on any atom is 0.317 e. The van der Waals surface area contributed by atoms with Crippen LogP contribution in [0.15, 0.2) is 0 Å². The highest BCUT2D eigenvalue weighted by Crippen LogP contribution is 2.23. The maximum absolute atomic E-state index is 11.9. The summed E-state index contributed by atoms with van der Waals surface area (Å²) in [4.78, 5) is 16.4. The van der Waals surface area contributed by atoms with Gasteiger partial charge in [-0.1, -0.05) is 20.8 Å². The number of nitrogens with zero attached hydrogens (tertiary/aromatic N) is 2. The molecule has 0 radical (unpaired) electrons. The van der Waals surface area contributed by atoms with E-state index < -0.39 is 0 Å². The zero-order chi connectivity index (χ0) is 13.9. The lowest BCUT2D eigenvalue weighted by molar-refractivity contribution is 0.204. The number of hydrogen-bond acceptors (Lipinski definition) is 3. The second kappa shape index (κ2) is 6.09. The molecule has 5 nitrogen and oxygen atoms in total. The van der Waals surface area contributed by atoms with Crippen LogP contribution in [0.4, 0.5) is 4.79 Å². The van der Waals surface area contributed by atoms with Crippen molar-refractivity contribution in [3.63, 3.8) is 0 Å². The fourth-order valence-corrected chi connectivity index (χ4v) is 2.69. The quantitative estimate of drug-likeness (QED) is 0.790. The summed E-state index contributed by atoms with van der Waals surface area (Å²) >= 11 is 0. The third kappa shape index (κ3) is 4.08. The molecular weight excluding hydrogens is 240 g/mol. The molecule has 0 aliphatic carbocycles. The first-order chi connectivity index (χ1) is 8.97.